The molecule has 8 nitrogen and oxygen atoms in total. The first-order valence-electron chi connectivity index (χ1n) is 9.79. The molecule has 0 unspecified atom stereocenters. The van der Waals surface area contributed by atoms with Crippen LogP contribution in [0.5, 0.6) is 17.2 Å². The Morgan fingerprint density at radius 2 is 2.03 bits per heavy atom. The maximum absolute atomic E-state index is 10.9. The van der Waals surface area contributed by atoms with Crippen molar-refractivity contribution in [3.8, 4) is 17.2 Å². The molecular formula is C21H24N2O6. The van der Waals surface area contributed by atoms with Gasteiger partial charge in [0.1, 0.15) is 31.7 Å². The third kappa shape index (κ3) is 4.60. The van der Waals surface area contributed by atoms with E-state index in [1.807, 2.05) is 12.1 Å². The minimum absolute atomic E-state index is 0.0322. The molecule has 154 valence electrons. The average Bonchev–Trinajstić information content (AvgIpc) is 3.20. The zero-order chi connectivity index (χ0) is 20.2. The largest absolute Gasteiger partial charge is 0.491 e. The highest BCUT2D eigenvalue weighted by Gasteiger charge is 2.29. The predicted molar refractivity (Wildman–Crippen MR) is 106 cm³/mol. The lowest BCUT2D eigenvalue weighted by Crippen LogP contribution is -2.35. The summed E-state index contributed by atoms with van der Waals surface area (Å²) in [7, 11) is 0. The minimum atomic E-state index is -0.702. The number of ether oxygens (including phenoxy) is 3. The van der Waals surface area contributed by atoms with Gasteiger partial charge in [-0.3, -0.25) is 15.0 Å². The number of benzene rings is 2. The van der Waals surface area contributed by atoms with Crippen LogP contribution < -0.4 is 14.2 Å². The third-order valence-corrected chi connectivity index (χ3v) is 5.23. The molecule has 2 aromatic carbocycles. The van der Waals surface area contributed by atoms with Gasteiger partial charge < -0.3 is 19.3 Å². The van der Waals surface area contributed by atoms with Gasteiger partial charge in [0.2, 0.25) is 0 Å². The number of rotatable bonds is 7. The average molecular weight is 400 g/mol. The van der Waals surface area contributed by atoms with Crippen molar-refractivity contribution >= 4 is 5.69 Å². The van der Waals surface area contributed by atoms with Crippen LogP contribution in [-0.2, 0) is 0 Å². The summed E-state index contributed by atoms with van der Waals surface area (Å²) in [6.07, 6.45) is 1.36. The maximum Gasteiger partial charge on any atom is 0.273 e. The molecule has 0 spiro atoms. The van der Waals surface area contributed by atoms with Crippen molar-refractivity contribution in [2.75, 3.05) is 32.9 Å². The van der Waals surface area contributed by atoms with Gasteiger partial charge in [0.25, 0.3) is 5.69 Å². The highest BCUT2D eigenvalue weighted by atomic mass is 16.6. The number of non-ortho nitro benzene ring substituents is 1. The van der Waals surface area contributed by atoms with Crippen LogP contribution in [0.1, 0.15) is 24.4 Å². The predicted octanol–water partition coefficient (Wildman–Crippen LogP) is 2.94. The SMILES string of the molecule is O=[N+]([O-])c1cccc(OC[C@H](O)CN2CCC[C@@H]2c2ccc3c(c2)OCCO3)c1. The number of likely N-dealkylation sites (tertiary alicyclic amines) is 1. The van der Waals surface area contributed by atoms with Gasteiger partial charge in [-0.15, -0.1) is 0 Å². The van der Waals surface area contributed by atoms with E-state index in [4.69, 9.17) is 14.2 Å². The molecule has 1 saturated heterocycles. The lowest BCUT2D eigenvalue weighted by atomic mass is 10.0. The summed E-state index contributed by atoms with van der Waals surface area (Å²) in [6, 6.07) is 12.2. The summed E-state index contributed by atoms with van der Waals surface area (Å²) in [5.74, 6) is 1.92. The van der Waals surface area contributed by atoms with E-state index in [2.05, 4.69) is 11.0 Å². The van der Waals surface area contributed by atoms with Crippen LogP contribution in [0.25, 0.3) is 0 Å². The summed E-state index contributed by atoms with van der Waals surface area (Å²) in [5, 5.41) is 21.3. The molecular weight excluding hydrogens is 376 g/mol. The van der Waals surface area contributed by atoms with E-state index >= 15 is 0 Å². The van der Waals surface area contributed by atoms with Gasteiger partial charge >= 0.3 is 0 Å². The van der Waals surface area contributed by atoms with Gasteiger partial charge in [-0.1, -0.05) is 12.1 Å². The summed E-state index contributed by atoms with van der Waals surface area (Å²) in [4.78, 5) is 12.6. The number of nitro benzene ring substituents is 1. The molecule has 1 N–H and O–H groups in total. The van der Waals surface area contributed by atoms with Crippen LogP contribution >= 0.6 is 0 Å². The van der Waals surface area contributed by atoms with Crippen LogP contribution in [0.4, 0.5) is 5.69 Å². The molecule has 4 rings (SSSR count). The highest BCUT2D eigenvalue weighted by molar-refractivity contribution is 5.45. The monoisotopic (exact) mass is 400 g/mol. The van der Waals surface area contributed by atoms with E-state index in [1.54, 1.807) is 12.1 Å². The van der Waals surface area contributed by atoms with Gasteiger partial charge in [-0.2, -0.15) is 0 Å². The van der Waals surface area contributed by atoms with Crippen molar-refractivity contribution in [2.24, 2.45) is 0 Å². The molecule has 0 aliphatic carbocycles. The summed E-state index contributed by atoms with van der Waals surface area (Å²) >= 11 is 0. The molecule has 0 aromatic heterocycles. The van der Waals surface area contributed by atoms with Crippen LogP contribution in [0, 0.1) is 10.1 Å². The smallest absolute Gasteiger partial charge is 0.273 e. The molecule has 8 heteroatoms. The Kier molecular flexibility index (Phi) is 5.82. The summed E-state index contributed by atoms with van der Waals surface area (Å²) in [5.41, 5.74) is 1.12. The van der Waals surface area contributed by atoms with Gasteiger partial charge in [0, 0.05) is 18.7 Å². The first-order chi connectivity index (χ1) is 14.1. The van der Waals surface area contributed by atoms with Gasteiger partial charge in [-0.25, -0.2) is 0 Å². The van der Waals surface area contributed by atoms with Crippen molar-refractivity contribution < 1.29 is 24.2 Å². The number of hydrogen-bond acceptors (Lipinski definition) is 7. The van der Waals surface area contributed by atoms with Crippen LogP contribution in [-0.4, -0.2) is 53.9 Å². The fourth-order valence-electron chi connectivity index (χ4n) is 3.89. The van der Waals surface area contributed by atoms with Gasteiger partial charge in [0.05, 0.1) is 11.0 Å². The first kappa shape index (κ1) is 19.5. The zero-order valence-electron chi connectivity index (χ0n) is 16.0. The molecule has 0 amide bonds. The van der Waals surface area contributed by atoms with E-state index in [1.165, 1.54) is 12.1 Å². The van der Waals surface area contributed by atoms with E-state index in [0.29, 0.717) is 25.5 Å². The fourth-order valence-corrected chi connectivity index (χ4v) is 3.89. The topological polar surface area (TPSA) is 94.3 Å². The standard InChI is InChI=1S/C21H24N2O6/c24-17(14-29-18-4-1-3-16(12-18)23(25)26)13-22-8-2-5-19(22)15-6-7-20-21(11-15)28-10-9-27-20/h1,3-4,6-7,11-12,17,19,24H,2,5,8-10,13-14H2/t17-,19-/m1/s1. The fraction of sp³-hybridized carbons (Fsp3) is 0.429. The molecule has 29 heavy (non-hydrogen) atoms. The number of aliphatic hydroxyl groups excluding tert-OH is 1. The molecule has 2 aromatic rings. The molecule has 1 fully saturated rings. The van der Waals surface area contributed by atoms with E-state index in [0.717, 1.165) is 36.4 Å². The van der Waals surface area contributed by atoms with Crippen LogP contribution in [0.15, 0.2) is 42.5 Å². The third-order valence-electron chi connectivity index (χ3n) is 5.23. The van der Waals surface area contributed by atoms with Gasteiger partial charge in [0.15, 0.2) is 11.5 Å². The second kappa shape index (κ2) is 8.67. The lowest BCUT2D eigenvalue weighted by molar-refractivity contribution is -0.384. The number of β-amino-alcohol motifs (C(OH)–C–C–N with tert-alkyl or cyclic N) is 1. The zero-order valence-corrected chi connectivity index (χ0v) is 16.0. The Hall–Kier alpha value is -2.84. The molecule has 2 aliphatic rings. The molecule has 2 heterocycles. The van der Waals surface area contributed by atoms with E-state index in [-0.39, 0.29) is 18.3 Å². The molecule has 0 radical (unpaired) electrons. The summed E-state index contributed by atoms with van der Waals surface area (Å²) < 4.78 is 16.9. The molecule has 0 saturated carbocycles. The van der Waals surface area contributed by atoms with Crippen molar-refractivity contribution in [3.63, 3.8) is 0 Å². The van der Waals surface area contributed by atoms with Crippen LogP contribution in [0.3, 0.4) is 0 Å². The van der Waals surface area contributed by atoms with Crippen LogP contribution in [0.2, 0.25) is 0 Å². The van der Waals surface area contributed by atoms with E-state index < -0.39 is 11.0 Å². The summed E-state index contributed by atoms with van der Waals surface area (Å²) in [6.45, 7) is 2.56. The Balaban J connectivity index is 1.36. The van der Waals surface area contributed by atoms with Crippen molar-refractivity contribution in [1.29, 1.82) is 0 Å². The first-order valence-corrected chi connectivity index (χ1v) is 9.79. The number of hydrogen-bond donors (Lipinski definition) is 1. The number of nitrogens with zero attached hydrogens (tertiary/aromatic N) is 2. The number of fused-ring (bicyclic) bond motifs is 1. The Bertz CT molecular complexity index is 874. The highest BCUT2D eigenvalue weighted by Crippen LogP contribution is 2.38. The molecule has 2 atom stereocenters. The number of nitro groups is 1. The minimum Gasteiger partial charge on any atom is -0.491 e. The Labute approximate surface area is 168 Å². The van der Waals surface area contributed by atoms with Crippen molar-refractivity contribution in [3.05, 3.63) is 58.1 Å². The normalized spacial score (nSPS) is 19.7. The molecule has 0 bridgehead atoms. The Morgan fingerprint density at radius 1 is 1.21 bits per heavy atom. The maximum atomic E-state index is 10.9. The quantitative estimate of drug-likeness (QED) is 0.564. The Morgan fingerprint density at radius 3 is 2.86 bits per heavy atom. The second-order valence-electron chi connectivity index (χ2n) is 7.28. The lowest BCUT2D eigenvalue weighted by Gasteiger charge is -2.28. The van der Waals surface area contributed by atoms with Gasteiger partial charge in [-0.05, 0) is 43.1 Å². The molecule has 2 aliphatic heterocycles. The van der Waals surface area contributed by atoms with Crippen molar-refractivity contribution in [1.82, 2.24) is 4.90 Å². The van der Waals surface area contributed by atoms with Crippen molar-refractivity contribution in [2.45, 2.75) is 25.0 Å². The number of aliphatic hydroxyl groups is 1. The second-order valence-corrected chi connectivity index (χ2v) is 7.28. The van der Waals surface area contributed by atoms with E-state index in [9.17, 15) is 15.2 Å².